The zero-order valence-electron chi connectivity index (χ0n) is 17.6. The first-order valence-corrected chi connectivity index (χ1v) is 11.0. The Morgan fingerprint density at radius 3 is 2.81 bits per heavy atom. The fourth-order valence-electron chi connectivity index (χ4n) is 3.86. The van der Waals surface area contributed by atoms with Gasteiger partial charge in [-0.25, -0.2) is 4.98 Å². The van der Waals surface area contributed by atoms with Crippen molar-refractivity contribution in [3.05, 3.63) is 39.4 Å². The van der Waals surface area contributed by atoms with Crippen LogP contribution in [0.25, 0.3) is 0 Å². The summed E-state index contributed by atoms with van der Waals surface area (Å²) in [6.07, 6.45) is 0.308. The summed E-state index contributed by atoms with van der Waals surface area (Å²) in [7, 11) is 0. The number of amides is 2. The number of nitrogens with zero attached hydrogens (tertiary/aromatic N) is 4. The molecule has 3 heterocycles. The van der Waals surface area contributed by atoms with Gasteiger partial charge in [-0.1, -0.05) is 0 Å². The second-order valence-electron chi connectivity index (χ2n) is 7.82. The highest BCUT2D eigenvalue weighted by atomic mass is 32.1. The van der Waals surface area contributed by atoms with Gasteiger partial charge in [0, 0.05) is 37.1 Å². The van der Waals surface area contributed by atoms with Crippen LogP contribution in [0, 0.1) is 10.1 Å². The molecule has 2 amide bonds. The second kappa shape index (κ2) is 9.18. The lowest BCUT2D eigenvalue weighted by atomic mass is 10.2. The quantitative estimate of drug-likeness (QED) is 0.511. The molecule has 1 saturated heterocycles. The number of anilines is 2. The molecule has 2 atom stereocenters. The largest absolute Gasteiger partial charge is 0.482 e. The zero-order chi connectivity index (χ0) is 22.8. The number of carbonyl (C=O) groups excluding carboxylic acids is 2. The maximum atomic E-state index is 12.6. The number of carbonyl (C=O) groups is 2. The smallest absolute Gasteiger partial charge is 0.271 e. The van der Waals surface area contributed by atoms with Crippen molar-refractivity contribution in [2.45, 2.75) is 32.6 Å². The molecular formula is C20H23N5O6S. The number of thiazole rings is 1. The van der Waals surface area contributed by atoms with Crippen LogP contribution in [0.4, 0.5) is 16.5 Å². The van der Waals surface area contributed by atoms with Gasteiger partial charge >= 0.3 is 0 Å². The van der Waals surface area contributed by atoms with Gasteiger partial charge in [0.25, 0.3) is 11.6 Å². The molecule has 32 heavy (non-hydrogen) atoms. The molecule has 0 bridgehead atoms. The summed E-state index contributed by atoms with van der Waals surface area (Å²) in [5.41, 5.74) is 0.847. The fraction of sp³-hybridized carbons (Fsp3) is 0.450. The van der Waals surface area contributed by atoms with Crippen LogP contribution in [-0.2, 0) is 20.9 Å². The summed E-state index contributed by atoms with van der Waals surface area (Å²) in [6, 6.07) is 3.94. The number of nitrogens with one attached hydrogen (secondary N) is 1. The molecule has 4 rings (SSSR count). The standard InChI is InChI=1S/C20H23N5O6S/c1-12-6-23(7-13(2)31-12)8-14-11-32-20(21-14)22-18(26)9-24-16-5-15(25(28)29)3-4-17(16)30-10-19(24)27/h3-5,11-13H,6-10H2,1-2H3,(H,21,22,26)/t12-,13-/m1/s1. The van der Waals surface area contributed by atoms with E-state index in [1.807, 2.05) is 19.2 Å². The fourth-order valence-corrected chi connectivity index (χ4v) is 4.58. The van der Waals surface area contributed by atoms with E-state index in [4.69, 9.17) is 9.47 Å². The molecule has 0 aliphatic carbocycles. The molecule has 11 nitrogen and oxygen atoms in total. The average molecular weight is 462 g/mol. The third kappa shape index (κ3) is 5.03. The average Bonchev–Trinajstić information content (AvgIpc) is 3.15. The van der Waals surface area contributed by atoms with Crippen LogP contribution in [0.1, 0.15) is 19.5 Å². The maximum Gasteiger partial charge on any atom is 0.271 e. The molecule has 2 aliphatic heterocycles. The van der Waals surface area contributed by atoms with E-state index in [1.54, 1.807) is 0 Å². The lowest BCUT2D eigenvalue weighted by molar-refractivity contribution is -0.384. The van der Waals surface area contributed by atoms with Crippen LogP contribution in [0.3, 0.4) is 0 Å². The summed E-state index contributed by atoms with van der Waals surface area (Å²) >= 11 is 1.30. The van der Waals surface area contributed by atoms with Crippen LogP contribution in [0.2, 0.25) is 0 Å². The Morgan fingerprint density at radius 1 is 1.34 bits per heavy atom. The number of non-ortho nitro benzene ring substituents is 1. The first-order chi connectivity index (χ1) is 15.3. The van der Waals surface area contributed by atoms with Crippen molar-refractivity contribution in [2.24, 2.45) is 0 Å². The number of ether oxygens (including phenoxy) is 2. The second-order valence-corrected chi connectivity index (χ2v) is 8.68. The van der Waals surface area contributed by atoms with Gasteiger partial charge in [-0.2, -0.15) is 0 Å². The molecule has 0 unspecified atom stereocenters. The SMILES string of the molecule is C[C@@H]1CN(Cc2csc(NC(=O)CN3C(=O)COc4ccc([N+](=O)[O-])cc43)n2)C[C@@H](C)O1. The van der Waals surface area contributed by atoms with E-state index < -0.39 is 16.7 Å². The lowest BCUT2D eigenvalue weighted by Crippen LogP contribution is -2.44. The number of nitro benzene ring substituents is 1. The summed E-state index contributed by atoms with van der Waals surface area (Å²) in [4.78, 5) is 43.4. The highest BCUT2D eigenvalue weighted by Gasteiger charge is 2.29. The van der Waals surface area contributed by atoms with Gasteiger partial charge in [-0.05, 0) is 19.9 Å². The highest BCUT2D eigenvalue weighted by Crippen LogP contribution is 2.35. The Labute approximate surface area is 188 Å². The molecule has 1 aromatic carbocycles. The Hall–Kier alpha value is -3.09. The summed E-state index contributed by atoms with van der Waals surface area (Å²) < 4.78 is 11.1. The minimum Gasteiger partial charge on any atom is -0.482 e. The zero-order valence-corrected chi connectivity index (χ0v) is 18.5. The van der Waals surface area contributed by atoms with Crippen LogP contribution >= 0.6 is 11.3 Å². The number of hydrogen-bond donors (Lipinski definition) is 1. The van der Waals surface area contributed by atoms with E-state index in [1.165, 1.54) is 34.4 Å². The number of nitro groups is 1. The first kappa shape index (κ1) is 22.1. The van der Waals surface area contributed by atoms with E-state index in [-0.39, 0.29) is 36.7 Å². The van der Waals surface area contributed by atoms with Gasteiger partial charge in [0.15, 0.2) is 11.7 Å². The number of aromatic nitrogens is 1. The molecular weight excluding hydrogens is 438 g/mol. The molecule has 1 fully saturated rings. The molecule has 1 N–H and O–H groups in total. The predicted octanol–water partition coefficient (Wildman–Crippen LogP) is 2.02. The van der Waals surface area contributed by atoms with Crippen LogP contribution in [0.15, 0.2) is 23.6 Å². The number of hydrogen-bond acceptors (Lipinski definition) is 9. The monoisotopic (exact) mass is 461 g/mol. The summed E-state index contributed by atoms with van der Waals surface area (Å²) in [5.74, 6) is -0.593. The van der Waals surface area contributed by atoms with Crippen molar-refractivity contribution in [2.75, 3.05) is 36.5 Å². The molecule has 0 spiro atoms. The predicted molar refractivity (Wildman–Crippen MR) is 117 cm³/mol. The van der Waals surface area contributed by atoms with E-state index in [0.29, 0.717) is 17.4 Å². The summed E-state index contributed by atoms with van der Waals surface area (Å²) in [6.45, 7) is 5.82. The number of morpholine rings is 1. The third-order valence-corrected chi connectivity index (χ3v) is 5.88. The number of rotatable bonds is 6. The number of fused-ring (bicyclic) bond motifs is 1. The van der Waals surface area contributed by atoms with Crippen molar-refractivity contribution >= 4 is 39.7 Å². The van der Waals surface area contributed by atoms with Gasteiger partial charge < -0.3 is 14.8 Å². The normalized spacial score (nSPS) is 21.1. The van der Waals surface area contributed by atoms with Gasteiger partial charge in [0.05, 0.1) is 28.5 Å². The minimum absolute atomic E-state index is 0.154. The van der Waals surface area contributed by atoms with Gasteiger partial charge in [-0.15, -0.1) is 11.3 Å². The van der Waals surface area contributed by atoms with E-state index in [0.717, 1.165) is 18.8 Å². The molecule has 0 saturated carbocycles. The molecule has 0 radical (unpaired) electrons. The molecule has 12 heteroatoms. The molecule has 2 aromatic rings. The topological polar surface area (TPSA) is 127 Å². The van der Waals surface area contributed by atoms with Crippen molar-refractivity contribution in [1.29, 1.82) is 0 Å². The highest BCUT2D eigenvalue weighted by molar-refractivity contribution is 7.13. The van der Waals surface area contributed by atoms with Crippen LogP contribution < -0.4 is 15.0 Å². The maximum absolute atomic E-state index is 12.6. The van der Waals surface area contributed by atoms with E-state index in [9.17, 15) is 19.7 Å². The van der Waals surface area contributed by atoms with E-state index in [2.05, 4.69) is 15.2 Å². The first-order valence-electron chi connectivity index (χ1n) is 10.1. The Balaban J connectivity index is 1.40. The Morgan fingerprint density at radius 2 is 2.09 bits per heavy atom. The minimum atomic E-state index is -0.565. The lowest BCUT2D eigenvalue weighted by Gasteiger charge is -2.34. The molecule has 170 valence electrons. The van der Waals surface area contributed by atoms with Gasteiger partial charge in [0.1, 0.15) is 12.3 Å². The van der Waals surface area contributed by atoms with Crippen molar-refractivity contribution in [1.82, 2.24) is 9.88 Å². The molecule has 1 aromatic heterocycles. The van der Waals surface area contributed by atoms with Gasteiger partial charge in [-0.3, -0.25) is 29.5 Å². The van der Waals surface area contributed by atoms with Crippen LogP contribution in [-0.4, -0.2) is 65.1 Å². The van der Waals surface area contributed by atoms with Gasteiger partial charge in [0.2, 0.25) is 5.91 Å². The van der Waals surface area contributed by atoms with Crippen molar-refractivity contribution in [3.8, 4) is 5.75 Å². The summed E-state index contributed by atoms with van der Waals surface area (Å²) in [5, 5.41) is 16.1. The van der Waals surface area contributed by atoms with Crippen LogP contribution in [0.5, 0.6) is 5.75 Å². The number of benzene rings is 1. The Bertz CT molecular complexity index is 1030. The molecule has 2 aliphatic rings. The van der Waals surface area contributed by atoms with Crippen molar-refractivity contribution < 1.29 is 24.0 Å². The van der Waals surface area contributed by atoms with E-state index >= 15 is 0 Å². The Kier molecular flexibility index (Phi) is 6.35. The third-order valence-electron chi connectivity index (χ3n) is 5.08. The van der Waals surface area contributed by atoms with Crippen molar-refractivity contribution in [3.63, 3.8) is 0 Å².